The number of thioether (sulfide) groups is 1. The van der Waals surface area contributed by atoms with Crippen molar-refractivity contribution in [2.45, 2.75) is 25.6 Å². The number of carbonyl (C=O) groups is 1. The van der Waals surface area contributed by atoms with E-state index in [1.165, 1.54) is 11.1 Å². The summed E-state index contributed by atoms with van der Waals surface area (Å²) in [6, 6.07) is 8.61. The van der Waals surface area contributed by atoms with Crippen molar-refractivity contribution in [2.24, 2.45) is 0 Å². The van der Waals surface area contributed by atoms with Crippen molar-refractivity contribution in [1.82, 2.24) is 15.5 Å². The lowest BCUT2D eigenvalue weighted by Gasteiger charge is -2.22. The third-order valence-electron chi connectivity index (χ3n) is 3.51. The number of nitrogens with one attached hydrogen (secondary N) is 2. The van der Waals surface area contributed by atoms with Crippen LogP contribution in [0.5, 0.6) is 0 Å². The molecule has 1 amide bonds. The monoisotopic (exact) mass is 379 g/mol. The zero-order chi connectivity index (χ0) is 15.1. The summed E-state index contributed by atoms with van der Waals surface area (Å²) >= 11 is 1.92. The van der Waals surface area contributed by atoms with Gasteiger partial charge >= 0.3 is 0 Å². The molecule has 7 heteroatoms. The molecule has 1 aliphatic rings. The van der Waals surface area contributed by atoms with Gasteiger partial charge in [-0.3, -0.25) is 4.79 Å². The number of rotatable bonds is 6. The Labute approximate surface area is 156 Å². The summed E-state index contributed by atoms with van der Waals surface area (Å²) in [5.41, 5.74) is 2.47. The van der Waals surface area contributed by atoms with Crippen LogP contribution in [0.1, 0.15) is 17.5 Å². The summed E-state index contributed by atoms with van der Waals surface area (Å²) in [5, 5.41) is 6.45. The van der Waals surface area contributed by atoms with Crippen molar-refractivity contribution in [3.8, 4) is 0 Å². The average molecular weight is 380 g/mol. The summed E-state index contributed by atoms with van der Waals surface area (Å²) in [5.74, 6) is 2.32. The highest BCUT2D eigenvalue weighted by Crippen LogP contribution is 2.12. The summed E-state index contributed by atoms with van der Waals surface area (Å²) in [7, 11) is 4.11. The molecule has 1 unspecified atom stereocenters. The second kappa shape index (κ2) is 12.0. The van der Waals surface area contributed by atoms with Gasteiger partial charge in [0.1, 0.15) is 0 Å². The van der Waals surface area contributed by atoms with Gasteiger partial charge in [-0.1, -0.05) is 24.3 Å². The van der Waals surface area contributed by atoms with E-state index in [-0.39, 0.29) is 30.7 Å². The van der Waals surface area contributed by atoms with Gasteiger partial charge in [0.2, 0.25) is 5.91 Å². The first-order valence-electron chi connectivity index (χ1n) is 7.44. The van der Waals surface area contributed by atoms with Crippen LogP contribution in [0.2, 0.25) is 0 Å². The first-order chi connectivity index (χ1) is 10.1. The number of halogens is 2. The second-order valence-electron chi connectivity index (χ2n) is 5.71. The molecule has 1 aromatic rings. The summed E-state index contributed by atoms with van der Waals surface area (Å²) < 4.78 is 0. The fraction of sp³-hybridized carbons (Fsp3) is 0.562. The largest absolute Gasteiger partial charge is 0.352 e. The van der Waals surface area contributed by atoms with E-state index in [4.69, 9.17) is 0 Å². The zero-order valence-electron chi connectivity index (χ0n) is 13.7. The highest BCUT2D eigenvalue weighted by atomic mass is 35.5. The smallest absolute Gasteiger partial charge is 0.221 e. The Morgan fingerprint density at radius 3 is 2.61 bits per heavy atom. The van der Waals surface area contributed by atoms with Gasteiger partial charge < -0.3 is 15.5 Å². The highest BCUT2D eigenvalue weighted by Gasteiger charge is 2.16. The lowest BCUT2D eigenvalue weighted by Crippen LogP contribution is -2.41. The predicted octanol–water partition coefficient (Wildman–Crippen LogP) is 2.30. The van der Waals surface area contributed by atoms with Crippen molar-refractivity contribution in [3.63, 3.8) is 0 Å². The molecule has 0 spiro atoms. The molecule has 1 aromatic carbocycles. The molecule has 0 bridgehead atoms. The Kier molecular flexibility index (Phi) is 11.7. The van der Waals surface area contributed by atoms with Crippen molar-refractivity contribution in [2.75, 3.05) is 32.1 Å². The molecule has 2 N–H and O–H groups in total. The lowest BCUT2D eigenvalue weighted by molar-refractivity contribution is -0.121. The number of benzene rings is 1. The maximum atomic E-state index is 12.0. The van der Waals surface area contributed by atoms with Gasteiger partial charge in [0, 0.05) is 43.6 Å². The SMILES string of the molecule is CN(C)Cc1ccccc1CNC(=O)CC1CSCCN1.Cl.Cl. The van der Waals surface area contributed by atoms with Gasteiger partial charge in [-0.25, -0.2) is 0 Å². The molecule has 0 radical (unpaired) electrons. The Balaban J connectivity index is 0.00000242. The number of carbonyl (C=O) groups excluding carboxylic acids is 1. The summed E-state index contributed by atoms with van der Waals surface area (Å²) in [6.45, 7) is 2.52. The van der Waals surface area contributed by atoms with Gasteiger partial charge in [-0.2, -0.15) is 11.8 Å². The van der Waals surface area contributed by atoms with E-state index in [0.717, 1.165) is 24.6 Å². The maximum absolute atomic E-state index is 12.0. The Morgan fingerprint density at radius 2 is 2.00 bits per heavy atom. The molecule has 0 aromatic heterocycles. The van der Waals surface area contributed by atoms with Crippen LogP contribution < -0.4 is 10.6 Å². The van der Waals surface area contributed by atoms with Crippen LogP contribution in [-0.2, 0) is 17.9 Å². The van der Waals surface area contributed by atoms with Gasteiger partial charge in [-0.15, -0.1) is 24.8 Å². The van der Waals surface area contributed by atoms with E-state index in [2.05, 4.69) is 41.8 Å². The minimum Gasteiger partial charge on any atom is -0.352 e. The molecule has 1 atom stereocenters. The second-order valence-corrected chi connectivity index (χ2v) is 6.86. The molecular weight excluding hydrogens is 353 g/mol. The van der Waals surface area contributed by atoms with Gasteiger partial charge in [0.25, 0.3) is 0 Å². The molecule has 1 saturated heterocycles. The van der Waals surface area contributed by atoms with E-state index >= 15 is 0 Å². The van der Waals surface area contributed by atoms with E-state index in [0.29, 0.717) is 19.0 Å². The standard InChI is InChI=1S/C16H25N3OS.2ClH/c1-19(2)11-14-6-4-3-5-13(14)10-18-16(20)9-15-12-21-8-7-17-15;;/h3-6,15,17H,7-12H2,1-2H3,(H,18,20);2*1H. The molecule has 0 saturated carbocycles. The lowest BCUT2D eigenvalue weighted by atomic mass is 10.1. The topological polar surface area (TPSA) is 44.4 Å². The number of nitrogens with zero attached hydrogens (tertiary/aromatic N) is 1. The van der Waals surface area contributed by atoms with Gasteiger partial charge in [-0.05, 0) is 25.2 Å². The minimum absolute atomic E-state index is 0. The Hall–Kier alpha value is -0.460. The fourth-order valence-corrected chi connectivity index (χ4v) is 3.41. The van der Waals surface area contributed by atoms with Crippen molar-refractivity contribution >= 4 is 42.5 Å². The quantitative estimate of drug-likeness (QED) is 0.795. The van der Waals surface area contributed by atoms with Crippen molar-refractivity contribution in [1.29, 1.82) is 0 Å². The van der Waals surface area contributed by atoms with Crippen LogP contribution in [0, 0.1) is 0 Å². The van der Waals surface area contributed by atoms with Gasteiger partial charge in [0.15, 0.2) is 0 Å². The normalized spacial score (nSPS) is 17.1. The molecule has 1 fully saturated rings. The molecule has 1 aliphatic heterocycles. The van der Waals surface area contributed by atoms with E-state index in [9.17, 15) is 4.79 Å². The Morgan fingerprint density at radius 1 is 1.30 bits per heavy atom. The van der Waals surface area contributed by atoms with Crippen LogP contribution in [0.25, 0.3) is 0 Å². The van der Waals surface area contributed by atoms with Gasteiger partial charge in [0.05, 0.1) is 0 Å². The first kappa shape index (κ1) is 22.5. The maximum Gasteiger partial charge on any atom is 0.221 e. The molecule has 4 nitrogen and oxygen atoms in total. The number of hydrogen-bond donors (Lipinski definition) is 2. The van der Waals surface area contributed by atoms with Crippen LogP contribution >= 0.6 is 36.6 Å². The third-order valence-corrected chi connectivity index (χ3v) is 4.64. The minimum atomic E-state index is 0. The third kappa shape index (κ3) is 8.27. The van der Waals surface area contributed by atoms with E-state index in [1.54, 1.807) is 0 Å². The van der Waals surface area contributed by atoms with Crippen LogP contribution in [0.4, 0.5) is 0 Å². The summed E-state index contributed by atoms with van der Waals surface area (Å²) in [4.78, 5) is 14.2. The molecule has 23 heavy (non-hydrogen) atoms. The molecule has 132 valence electrons. The van der Waals surface area contributed by atoms with Crippen LogP contribution in [-0.4, -0.2) is 49.0 Å². The zero-order valence-corrected chi connectivity index (χ0v) is 16.2. The molecule has 0 aliphatic carbocycles. The van der Waals surface area contributed by atoms with Crippen LogP contribution in [0.15, 0.2) is 24.3 Å². The highest BCUT2D eigenvalue weighted by molar-refractivity contribution is 7.99. The fourth-order valence-electron chi connectivity index (χ4n) is 2.47. The van der Waals surface area contributed by atoms with E-state index < -0.39 is 0 Å². The number of hydrogen-bond acceptors (Lipinski definition) is 4. The molecular formula is C16H27Cl2N3OS. The van der Waals surface area contributed by atoms with Crippen molar-refractivity contribution < 1.29 is 4.79 Å². The Bertz CT molecular complexity index is 468. The van der Waals surface area contributed by atoms with Crippen molar-refractivity contribution in [3.05, 3.63) is 35.4 Å². The molecule has 1 heterocycles. The average Bonchev–Trinajstić information content (AvgIpc) is 2.47. The number of amides is 1. The van der Waals surface area contributed by atoms with Crippen LogP contribution in [0.3, 0.4) is 0 Å². The van der Waals surface area contributed by atoms with E-state index in [1.807, 2.05) is 23.9 Å². The predicted molar refractivity (Wildman–Crippen MR) is 104 cm³/mol. The summed E-state index contributed by atoms with van der Waals surface area (Å²) in [6.07, 6.45) is 0.572. The first-order valence-corrected chi connectivity index (χ1v) is 8.60. The molecule has 2 rings (SSSR count).